The number of fused-ring (bicyclic) bond motifs is 4. The van der Waals surface area contributed by atoms with Crippen molar-refractivity contribution in [3.8, 4) is 33.8 Å². The molecule has 1 atom stereocenters. The molecule has 0 aliphatic heterocycles. The van der Waals surface area contributed by atoms with E-state index < -0.39 is 0 Å². The summed E-state index contributed by atoms with van der Waals surface area (Å²) in [6.07, 6.45) is 5.59. The Hall–Kier alpha value is -5.87. The number of nitrogens with zero attached hydrogens (tertiary/aromatic N) is 2. The van der Waals surface area contributed by atoms with Gasteiger partial charge in [0.1, 0.15) is 5.84 Å². The Kier molecular flexibility index (Phi) is 6.54. The molecule has 3 N–H and O–H groups in total. The standard InChI is InChI=1S/C41H30N4/c42-40(43)37-24-31-12-5-4-11-30(31)23-36(37)27-14-17-29(18-15-27)41-44-38(28-9-2-1-3-10-28)25-39(45-41)33-20-21-35-32(22-33)19-16-26-8-6-7-13-34(26)35/h1-19,21-25,33H,20H2,(H3,42,43). The summed E-state index contributed by atoms with van der Waals surface area (Å²) in [6.45, 7) is 0. The molecule has 0 amide bonds. The van der Waals surface area contributed by atoms with Gasteiger partial charge in [0.15, 0.2) is 5.82 Å². The Balaban J connectivity index is 1.22. The van der Waals surface area contributed by atoms with Gasteiger partial charge in [-0.2, -0.15) is 0 Å². The number of hydrogen-bond acceptors (Lipinski definition) is 3. The summed E-state index contributed by atoms with van der Waals surface area (Å²) >= 11 is 0. The third-order valence-corrected chi connectivity index (χ3v) is 8.79. The highest BCUT2D eigenvalue weighted by atomic mass is 14.9. The zero-order valence-electron chi connectivity index (χ0n) is 24.6. The van der Waals surface area contributed by atoms with E-state index in [-0.39, 0.29) is 11.8 Å². The molecule has 1 aliphatic carbocycles. The molecule has 0 fully saturated rings. The average Bonchev–Trinajstić information content (AvgIpc) is 3.11. The van der Waals surface area contributed by atoms with Crippen molar-refractivity contribution in [2.24, 2.45) is 5.73 Å². The summed E-state index contributed by atoms with van der Waals surface area (Å²) in [4.78, 5) is 10.2. The molecule has 1 aromatic heterocycles. The minimum atomic E-state index is 0.0541. The summed E-state index contributed by atoms with van der Waals surface area (Å²) in [6, 6.07) is 46.0. The number of nitrogen functional groups attached to an aromatic ring is 1. The van der Waals surface area contributed by atoms with Crippen LogP contribution in [0.4, 0.5) is 0 Å². The van der Waals surface area contributed by atoms with E-state index in [1.165, 1.54) is 21.2 Å². The number of rotatable bonds is 5. The number of aromatic nitrogens is 2. The molecule has 4 heteroatoms. The van der Waals surface area contributed by atoms with Crippen molar-refractivity contribution in [3.63, 3.8) is 0 Å². The Morgan fingerprint density at radius 1 is 0.644 bits per heavy atom. The first-order valence-electron chi connectivity index (χ1n) is 15.2. The molecule has 8 rings (SSSR count). The van der Waals surface area contributed by atoms with E-state index in [1.807, 2.05) is 42.5 Å². The molecular formula is C41H30N4. The van der Waals surface area contributed by atoms with Crippen LogP contribution >= 0.6 is 0 Å². The lowest BCUT2D eigenvalue weighted by Gasteiger charge is -2.17. The first-order chi connectivity index (χ1) is 22.1. The highest BCUT2D eigenvalue weighted by Crippen LogP contribution is 2.32. The minimum Gasteiger partial charge on any atom is -0.384 e. The van der Waals surface area contributed by atoms with Crippen LogP contribution in [0.25, 0.3) is 67.5 Å². The fraction of sp³-hybridized carbons (Fsp3) is 0.0488. The van der Waals surface area contributed by atoms with Crippen molar-refractivity contribution < 1.29 is 0 Å². The van der Waals surface area contributed by atoms with Crippen molar-refractivity contribution in [2.45, 2.75) is 12.3 Å². The molecule has 1 aliphatic rings. The van der Waals surface area contributed by atoms with Crippen LogP contribution in [0.2, 0.25) is 0 Å². The van der Waals surface area contributed by atoms with Crippen LogP contribution < -0.4 is 16.2 Å². The Bertz CT molecular complexity index is 2380. The number of nitrogens with one attached hydrogen (secondary N) is 1. The summed E-state index contributed by atoms with van der Waals surface area (Å²) < 4.78 is 0. The second-order valence-electron chi connectivity index (χ2n) is 11.6. The van der Waals surface area contributed by atoms with E-state index >= 15 is 0 Å². The number of amidine groups is 1. The average molecular weight is 579 g/mol. The molecule has 0 saturated carbocycles. The maximum absolute atomic E-state index is 8.24. The predicted molar refractivity (Wildman–Crippen MR) is 186 cm³/mol. The van der Waals surface area contributed by atoms with Crippen molar-refractivity contribution in [1.29, 1.82) is 5.41 Å². The third kappa shape index (κ3) is 4.96. The van der Waals surface area contributed by atoms with Crippen LogP contribution in [0.5, 0.6) is 0 Å². The van der Waals surface area contributed by atoms with Gasteiger partial charge < -0.3 is 5.73 Å². The van der Waals surface area contributed by atoms with Gasteiger partial charge in [0, 0.05) is 22.6 Å². The maximum atomic E-state index is 8.24. The lowest BCUT2D eigenvalue weighted by atomic mass is 9.91. The number of benzene rings is 6. The minimum absolute atomic E-state index is 0.0541. The Labute approximate surface area is 261 Å². The van der Waals surface area contributed by atoms with Gasteiger partial charge in [-0.05, 0) is 67.7 Å². The smallest absolute Gasteiger partial charge is 0.160 e. The van der Waals surface area contributed by atoms with E-state index in [1.54, 1.807) is 0 Å². The van der Waals surface area contributed by atoms with Crippen LogP contribution in [-0.4, -0.2) is 15.8 Å². The molecule has 6 aromatic carbocycles. The topological polar surface area (TPSA) is 75.7 Å². The van der Waals surface area contributed by atoms with E-state index in [4.69, 9.17) is 21.1 Å². The summed E-state index contributed by atoms with van der Waals surface area (Å²) in [5.74, 6) is 0.886. The van der Waals surface area contributed by atoms with E-state index in [0.717, 1.165) is 56.4 Å². The number of hydrogen-bond donors (Lipinski definition) is 2. The van der Waals surface area contributed by atoms with E-state index in [9.17, 15) is 0 Å². The lowest BCUT2D eigenvalue weighted by molar-refractivity contribution is 0.867. The van der Waals surface area contributed by atoms with Crippen LogP contribution in [0, 0.1) is 5.41 Å². The third-order valence-electron chi connectivity index (χ3n) is 8.79. The van der Waals surface area contributed by atoms with E-state index in [0.29, 0.717) is 5.82 Å². The van der Waals surface area contributed by atoms with Gasteiger partial charge in [0.05, 0.1) is 11.4 Å². The molecule has 0 radical (unpaired) electrons. The molecule has 45 heavy (non-hydrogen) atoms. The van der Waals surface area contributed by atoms with Gasteiger partial charge in [0.2, 0.25) is 0 Å². The molecule has 1 unspecified atom stereocenters. The van der Waals surface area contributed by atoms with Crippen molar-refractivity contribution in [3.05, 3.63) is 155 Å². The van der Waals surface area contributed by atoms with Gasteiger partial charge in [-0.25, -0.2) is 9.97 Å². The zero-order valence-corrected chi connectivity index (χ0v) is 24.6. The summed E-state index contributed by atoms with van der Waals surface area (Å²) in [5.41, 5.74) is 12.6. The summed E-state index contributed by atoms with van der Waals surface area (Å²) in [5, 5.41) is 15.5. The van der Waals surface area contributed by atoms with Crippen LogP contribution in [0.3, 0.4) is 0 Å². The monoisotopic (exact) mass is 578 g/mol. The van der Waals surface area contributed by atoms with Crippen molar-refractivity contribution in [2.75, 3.05) is 0 Å². The molecule has 214 valence electrons. The SMILES string of the molecule is N=C(N)c1cc2ccccc2cc1-c1ccc(-c2nc(-c3ccccc3)cc(C3C=c4ccc5ccccc5c4=CC3)n2)cc1. The first kappa shape index (κ1) is 26.7. The molecule has 7 aromatic rings. The fourth-order valence-corrected chi connectivity index (χ4v) is 6.46. The van der Waals surface area contributed by atoms with Gasteiger partial charge in [0.25, 0.3) is 0 Å². The van der Waals surface area contributed by atoms with E-state index in [2.05, 4.69) is 103 Å². The van der Waals surface area contributed by atoms with Gasteiger partial charge in [-0.1, -0.05) is 127 Å². The van der Waals surface area contributed by atoms with Gasteiger partial charge in [-0.15, -0.1) is 0 Å². The quantitative estimate of drug-likeness (QED) is 0.162. The fourth-order valence-electron chi connectivity index (χ4n) is 6.46. The Morgan fingerprint density at radius 2 is 1.33 bits per heavy atom. The first-order valence-corrected chi connectivity index (χ1v) is 15.2. The molecule has 0 bridgehead atoms. The second kappa shape index (κ2) is 11.0. The molecular weight excluding hydrogens is 548 g/mol. The second-order valence-corrected chi connectivity index (χ2v) is 11.6. The Morgan fingerprint density at radius 3 is 2.11 bits per heavy atom. The van der Waals surface area contributed by atoms with Crippen LogP contribution in [0.1, 0.15) is 23.6 Å². The molecule has 0 spiro atoms. The van der Waals surface area contributed by atoms with Crippen LogP contribution in [-0.2, 0) is 0 Å². The highest BCUT2D eigenvalue weighted by Gasteiger charge is 2.18. The largest absolute Gasteiger partial charge is 0.384 e. The summed E-state index contributed by atoms with van der Waals surface area (Å²) in [7, 11) is 0. The predicted octanol–water partition coefficient (Wildman–Crippen LogP) is 7.82. The lowest BCUT2D eigenvalue weighted by Crippen LogP contribution is -2.29. The van der Waals surface area contributed by atoms with Gasteiger partial charge >= 0.3 is 0 Å². The zero-order chi connectivity index (χ0) is 30.3. The van der Waals surface area contributed by atoms with Crippen LogP contribution in [0.15, 0.2) is 133 Å². The maximum Gasteiger partial charge on any atom is 0.160 e. The molecule has 4 nitrogen and oxygen atoms in total. The molecule has 1 heterocycles. The van der Waals surface area contributed by atoms with Gasteiger partial charge in [-0.3, -0.25) is 5.41 Å². The highest BCUT2D eigenvalue weighted by molar-refractivity contribution is 6.06. The van der Waals surface area contributed by atoms with Crippen molar-refractivity contribution >= 4 is 39.5 Å². The normalized spacial score (nSPS) is 14.0. The number of nitrogens with two attached hydrogens (primary N) is 1. The van der Waals surface area contributed by atoms with Crippen molar-refractivity contribution in [1.82, 2.24) is 9.97 Å². The molecule has 0 saturated heterocycles.